The van der Waals surface area contributed by atoms with Crippen LogP contribution in [-0.2, 0) is 0 Å². The summed E-state index contributed by atoms with van der Waals surface area (Å²) >= 11 is 6.08. The van der Waals surface area contributed by atoms with Crippen LogP contribution in [0.25, 0.3) is 0 Å². The molecule has 0 spiro atoms. The molecular weight excluding hydrogens is 228 g/mol. The Morgan fingerprint density at radius 3 is 2.94 bits per heavy atom. The van der Waals surface area contributed by atoms with E-state index in [0.717, 1.165) is 31.5 Å². The van der Waals surface area contributed by atoms with Gasteiger partial charge in [-0.05, 0) is 36.9 Å². The van der Waals surface area contributed by atoms with Gasteiger partial charge in [-0.25, -0.2) is 0 Å². The van der Waals surface area contributed by atoms with E-state index in [4.69, 9.17) is 11.6 Å². The van der Waals surface area contributed by atoms with Gasteiger partial charge in [0.15, 0.2) is 0 Å². The molecule has 1 atom stereocenters. The Balaban J connectivity index is 2.30. The zero-order valence-corrected chi connectivity index (χ0v) is 9.54. The maximum atomic E-state index is 10.7. The van der Waals surface area contributed by atoms with Crippen LogP contribution in [0.4, 0.5) is 5.69 Å². The van der Waals surface area contributed by atoms with E-state index in [1.54, 1.807) is 12.1 Å². The number of hydrogen-bond acceptors (Lipinski definition) is 3. The summed E-state index contributed by atoms with van der Waals surface area (Å²) in [5.41, 5.74) is 1.01. The lowest BCUT2D eigenvalue weighted by atomic mass is 9.91. The van der Waals surface area contributed by atoms with Crippen LogP contribution in [0.5, 0.6) is 0 Å². The van der Waals surface area contributed by atoms with Gasteiger partial charge in [-0.1, -0.05) is 11.6 Å². The highest BCUT2D eigenvalue weighted by Gasteiger charge is 2.20. The fraction of sp³-hybridized carbons (Fsp3) is 0.455. The molecule has 0 bridgehead atoms. The van der Waals surface area contributed by atoms with Gasteiger partial charge in [-0.3, -0.25) is 10.1 Å². The summed E-state index contributed by atoms with van der Waals surface area (Å²) in [7, 11) is 0. The van der Waals surface area contributed by atoms with Crippen molar-refractivity contribution in [1.29, 1.82) is 0 Å². The van der Waals surface area contributed by atoms with Gasteiger partial charge in [-0.15, -0.1) is 0 Å². The molecule has 0 radical (unpaired) electrons. The van der Waals surface area contributed by atoms with E-state index in [2.05, 4.69) is 5.32 Å². The maximum absolute atomic E-state index is 10.7. The Bertz CT molecular complexity index is 403. The van der Waals surface area contributed by atoms with Crippen LogP contribution in [0, 0.1) is 10.1 Å². The molecule has 1 saturated heterocycles. The van der Waals surface area contributed by atoms with Crippen molar-refractivity contribution in [3.05, 3.63) is 38.9 Å². The van der Waals surface area contributed by atoms with E-state index in [1.165, 1.54) is 6.07 Å². The minimum atomic E-state index is -0.379. The van der Waals surface area contributed by atoms with Crippen LogP contribution in [0.3, 0.4) is 0 Å². The first-order valence-electron chi connectivity index (χ1n) is 5.33. The van der Waals surface area contributed by atoms with Gasteiger partial charge >= 0.3 is 0 Å². The largest absolute Gasteiger partial charge is 0.316 e. The molecule has 1 heterocycles. The van der Waals surface area contributed by atoms with Gasteiger partial charge in [0, 0.05) is 23.7 Å². The molecule has 4 nitrogen and oxygen atoms in total. The van der Waals surface area contributed by atoms with Crippen LogP contribution >= 0.6 is 11.6 Å². The molecule has 5 heteroatoms. The number of nitrogens with zero attached hydrogens (tertiary/aromatic N) is 1. The normalized spacial score (nSPS) is 20.7. The lowest BCUT2D eigenvalue weighted by Gasteiger charge is -2.23. The number of nitro groups is 1. The Hall–Kier alpha value is -1.13. The van der Waals surface area contributed by atoms with E-state index >= 15 is 0 Å². The predicted octanol–water partition coefficient (Wildman–Crippen LogP) is 2.72. The van der Waals surface area contributed by atoms with Crippen molar-refractivity contribution in [2.45, 2.75) is 18.8 Å². The van der Waals surface area contributed by atoms with E-state index in [0.29, 0.717) is 10.9 Å². The first kappa shape index (κ1) is 11.4. The zero-order valence-electron chi connectivity index (χ0n) is 8.78. The van der Waals surface area contributed by atoms with Crippen molar-refractivity contribution in [1.82, 2.24) is 5.32 Å². The second kappa shape index (κ2) is 4.80. The highest BCUT2D eigenvalue weighted by Crippen LogP contribution is 2.32. The summed E-state index contributed by atoms with van der Waals surface area (Å²) in [5, 5.41) is 14.6. The van der Waals surface area contributed by atoms with Gasteiger partial charge in [0.1, 0.15) is 0 Å². The van der Waals surface area contributed by atoms with Gasteiger partial charge in [0.25, 0.3) is 5.69 Å². The van der Waals surface area contributed by atoms with Gasteiger partial charge in [0.2, 0.25) is 0 Å². The first-order valence-corrected chi connectivity index (χ1v) is 5.71. The summed E-state index contributed by atoms with van der Waals surface area (Å²) < 4.78 is 0. The fourth-order valence-electron chi connectivity index (χ4n) is 2.07. The average molecular weight is 241 g/mol. The topological polar surface area (TPSA) is 55.2 Å². The second-order valence-corrected chi connectivity index (χ2v) is 4.41. The van der Waals surface area contributed by atoms with Crippen LogP contribution in [0.1, 0.15) is 24.3 Å². The fourth-order valence-corrected chi connectivity index (χ4v) is 2.35. The smallest absolute Gasteiger partial charge is 0.269 e. The molecule has 1 fully saturated rings. The third-order valence-corrected chi connectivity index (χ3v) is 3.27. The standard InChI is InChI=1S/C11H13ClN2O2/c12-11-4-3-9(14(15)16)6-10(11)8-2-1-5-13-7-8/h3-4,6,8,13H,1-2,5,7H2. The molecule has 1 N–H and O–H groups in total. The molecule has 0 saturated carbocycles. The van der Waals surface area contributed by atoms with Crippen molar-refractivity contribution >= 4 is 17.3 Å². The van der Waals surface area contributed by atoms with Crippen LogP contribution in [0.2, 0.25) is 5.02 Å². The first-order chi connectivity index (χ1) is 7.68. The van der Waals surface area contributed by atoms with Gasteiger partial charge < -0.3 is 5.32 Å². The maximum Gasteiger partial charge on any atom is 0.269 e. The quantitative estimate of drug-likeness (QED) is 0.639. The van der Waals surface area contributed by atoms with E-state index in [9.17, 15) is 10.1 Å². The summed E-state index contributed by atoms with van der Waals surface area (Å²) in [6.45, 7) is 1.87. The van der Waals surface area contributed by atoms with E-state index in [-0.39, 0.29) is 10.6 Å². The molecule has 16 heavy (non-hydrogen) atoms. The predicted molar refractivity (Wildman–Crippen MR) is 63.0 cm³/mol. The zero-order chi connectivity index (χ0) is 11.5. The van der Waals surface area contributed by atoms with E-state index < -0.39 is 0 Å². The molecule has 2 rings (SSSR count). The molecule has 1 aliphatic rings. The molecule has 1 unspecified atom stereocenters. The van der Waals surface area contributed by atoms with Crippen molar-refractivity contribution in [2.24, 2.45) is 0 Å². The lowest BCUT2D eigenvalue weighted by molar-refractivity contribution is -0.384. The third-order valence-electron chi connectivity index (χ3n) is 2.93. The highest BCUT2D eigenvalue weighted by molar-refractivity contribution is 6.31. The minimum absolute atomic E-state index is 0.116. The Labute approximate surface area is 98.8 Å². The third kappa shape index (κ3) is 2.33. The summed E-state index contributed by atoms with van der Waals surface area (Å²) in [6.07, 6.45) is 2.12. The Morgan fingerprint density at radius 1 is 1.50 bits per heavy atom. The van der Waals surface area contributed by atoms with Gasteiger partial charge in [-0.2, -0.15) is 0 Å². The number of piperidine rings is 1. The van der Waals surface area contributed by atoms with Gasteiger partial charge in [0.05, 0.1) is 4.92 Å². The molecule has 1 aromatic rings. The second-order valence-electron chi connectivity index (χ2n) is 4.01. The molecule has 0 aliphatic carbocycles. The number of rotatable bonds is 2. The van der Waals surface area contributed by atoms with Crippen LogP contribution < -0.4 is 5.32 Å². The minimum Gasteiger partial charge on any atom is -0.316 e. The summed E-state index contributed by atoms with van der Waals surface area (Å²) in [5.74, 6) is 0.293. The summed E-state index contributed by atoms with van der Waals surface area (Å²) in [4.78, 5) is 10.3. The van der Waals surface area contributed by atoms with Crippen molar-refractivity contribution < 1.29 is 4.92 Å². The van der Waals surface area contributed by atoms with E-state index in [1.807, 2.05) is 0 Å². The molecular formula is C11H13ClN2O2. The highest BCUT2D eigenvalue weighted by atomic mass is 35.5. The van der Waals surface area contributed by atoms with Crippen molar-refractivity contribution in [2.75, 3.05) is 13.1 Å². The number of benzene rings is 1. The average Bonchev–Trinajstić information content (AvgIpc) is 2.30. The molecule has 1 aromatic carbocycles. The molecule has 1 aliphatic heterocycles. The number of non-ortho nitro benzene ring substituents is 1. The number of nitrogens with one attached hydrogen (secondary N) is 1. The molecule has 0 amide bonds. The number of halogens is 1. The molecule has 86 valence electrons. The Kier molecular flexibility index (Phi) is 3.41. The number of nitro benzene ring substituents is 1. The van der Waals surface area contributed by atoms with Crippen LogP contribution in [-0.4, -0.2) is 18.0 Å². The number of hydrogen-bond donors (Lipinski definition) is 1. The van der Waals surface area contributed by atoms with Crippen molar-refractivity contribution in [3.8, 4) is 0 Å². The Morgan fingerprint density at radius 2 is 2.31 bits per heavy atom. The lowest BCUT2D eigenvalue weighted by Crippen LogP contribution is -2.28. The summed E-state index contributed by atoms with van der Waals surface area (Å²) in [6, 6.07) is 4.66. The monoisotopic (exact) mass is 240 g/mol. The van der Waals surface area contributed by atoms with Crippen LogP contribution in [0.15, 0.2) is 18.2 Å². The van der Waals surface area contributed by atoms with Crippen molar-refractivity contribution in [3.63, 3.8) is 0 Å². The molecule has 0 aromatic heterocycles. The SMILES string of the molecule is O=[N+]([O-])c1ccc(Cl)c(C2CCCNC2)c1.